The monoisotopic (exact) mass is 215 g/mol. The highest BCUT2D eigenvalue weighted by Gasteiger charge is 2.33. The van der Waals surface area contributed by atoms with Crippen LogP contribution in [0.2, 0.25) is 0 Å². The predicted octanol–water partition coefficient (Wildman–Crippen LogP) is 3.77. The molecule has 2 heterocycles. The Balaban J connectivity index is 2.00. The lowest BCUT2D eigenvalue weighted by Crippen LogP contribution is -2.49. The van der Waals surface area contributed by atoms with Crippen LogP contribution in [0.1, 0.15) is 44.6 Å². The number of hydrogen-bond donors (Lipinski definition) is 0. The van der Waals surface area contributed by atoms with Gasteiger partial charge in [0.1, 0.15) is 0 Å². The van der Waals surface area contributed by atoms with Crippen LogP contribution in [0.25, 0.3) is 0 Å². The Labute approximate surface area is 98.5 Å². The van der Waals surface area contributed by atoms with E-state index in [2.05, 4.69) is 36.1 Å². The molecule has 0 saturated carbocycles. The first-order valence-corrected chi connectivity index (χ1v) is 6.76. The zero-order chi connectivity index (χ0) is 11.0. The fourth-order valence-electron chi connectivity index (χ4n) is 3.54. The van der Waals surface area contributed by atoms with Gasteiger partial charge in [-0.1, -0.05) is 25.1 Å². The normalized spacial score (nSPS) is 28.4. The highest BCUT2D eigenvalue weighted by molar-refractivity contribution is 5.57. The molecule has 0 bridgehead atoms. The Morgan fingerprint density at radius 1 is 1.19 bits per heavy atom. The van der Waals surface area contributed by atoms with Crippen molar-refractivity contribution >= 4 is 5.69 Å². The van der Waals surface area contributed by atoms with Crippen molar-refractivity contribution in [3.8, 4) is 0 Å². The Hall–Kier alpha value is -0.980. The van der Waals surface area contributed by atoms with E-state index in [0.717, 1.165) is 12.1 Å². The minimum atomic E-state index is 0.792. The first kappa shape index (κ1) is 10.2. The summed E-state index contributed by atoms with van der Waals surface area (Å²) in [7, 11) is 0. The van der Waals surface area contributed by atoms with Crippen molar-refractivity contribution < 1.29 is 0 Å². The van der Waals surface area contributed by atoms with Crippen molar-refractivity contribution in [1.29, 1.82) is 0 Å². The van der Waals surface area contributed by atoms with E-state index >= 15 is 0 Å². The molecule has 1 heteroatoms. The number of benzene rings is 1. The summed E-state index contributed by atoms with van der Waals surface area (Å²) in [5.74, 6) is 0. The quantitative estimate of drug-likeness (QED) is 0.689. The Bertz CT molecular complexity index is 371. The van der Waals surface area contributed by atoms with Gasteiger partial charge in [0, 0.05) is 17.8 Å². The SMILES string of the molecule is CC[C@@H]1CCC[C@@H]2CCc3ccccc3N21. The molecular weight excluding hydrogens is 194 g/mol. The Kier molecular flexibility index (Phi) is 2.62. The van der Waals surface area contributed by atoms with E-state index in [1.807, 2.05) is 0 Å². The van der Waals surface area contributed by atoms with E-state index in [4.69, 9.17) is 0 Å². The van der Waals surface area contributed by atoms with Gasteiger partial charge in [-0.05, 0) is 50.2 Å². The summed E-state index contributed by atoms with van der Waals surface area (Å²) in [6.07, 6.45) is 8.18. The van der Waals surface area contributed by atoms with Crippen molar-refractivity contribution in [2.45, 2.75) is 57.5 Å². The number of fused-ring (bicyclic) bond motifs is 3. The molecule has 0 aromatic heterocycles. The maximum absolute atomic E-state index is 2.74. The van der Waals surface area contributed by atoms with Gasteiger partial charge in [-0.3, -0.25) is 0 Å². The summed E-state index contributed by atoms with van der Waals surface area (Å²) in [5, 5.41) is 0. The van der Waals surface area contributed by atoms with E-state index in [1.165, 1.54) is 44.2 Å². The van der Waals surface area contributed by atoms with Crippen LogP contribution in [-0.4, -0.2) is 12.1 Å². The second kappa shape index (κ2) is 4.12. The number of para-hydroxylation sites is 1. The van der Waals surface area contributed by atoms with Crippen LogP contribution in [-0.2, 0) is 6.42 Å². The molecule has 1 saturated heterocycles. The van der Waals surface area contributed by atoms with Gasteiger partial charge >= 0.3 is 0 Å². The second-order valence-electron chi connectivity index (χ2n) is 5.22. The molecule has 0 amide bonds. The standard InChI is InChI=1S/C15H21N/c1-2-13-7-5-8-14-11-10-12-6-3-4-9-15(12)16(13)14/h3-4,6,9,13-14H,2,5,7-8,10-11H2,1H3/t13-,14-/m1/s1. The molecule has 2 aliphatic rings. The third-order valence-electron chi connectivity index (χ3n) is 4.35. The van der Waals surface area contributed by atoms with Crippen molar-refractivity contribution in [2.24, 2.45) is 0 Å². The number of aryl methyl sites for hydroxylation is 1. The van der Waals surface area contributed by atoms with Crippen LogP contribution < -0.4 is 4.90 Å². The summed E-state index contributed by atoms with van der Waals surface area (Å²) < 4.78 is 0. The zero-order valence-electron chi connectivity index (χ0n) is 10.2. The molecule has 0 unspecified atom stereocenters. The Morgan fingerprint density at radius 2 is 2.06 bits per heavy atom. The molecule has 1 aromatic carbocycles. The van der Waals surface area contributed by atoms with E-state index in [1.54, 1.807) is 5.56 Å². The maximum Gasteiger partial charge on any atom is 0.0403 e. The number of hydrogen-bond acceptors (Lipinski definition) is 1. The average molecular weight is 215 g/mol. The van der Waals surface area contributed by atoms with Crippen LogP contribution in [0.15, 0.2) is 24.3 Å². The lowest BCUT2D eigenvalue weighted by Gasteiger charge is -2.47. The Morgan fingerprint density at radius 3 is 2.94 bits per heavy atom. The van der Waals surface area contributed by atoms with Gasteiger partial charge in [0.15, 0.2) is 0 Å². The molecule has 1 nitrogen and oxygen atoms in total. The van der Waals surface area contributed by atoms with Crippen LogP contribution in [0.5, 0.6) is 0 Å². The number of anilines is 1. The fourth-order valence-corrected chi connectivity index (χ4v) is 3.54. The van der Waals surface area contributed by atoms with Crippen molar-refractivity contribution in [3.63, 3.8) is 0 Å². The third-order valence-corrected chi connectivity index (χ3v) is 4.35. The molecule has 2 atom stereocenters. The van der Waals surface area contributed by atoms with Crippen molar-refractivity contribution in [1.82, 2.24) is 0 Å². The first-order valence-electron chi connectivity index (χ1n) is 6.76. The summed E-state index contributed by atoms with van der Waals surface area (Å²) in [4.78, 5) is 2.74. The predicted molar refractivity (Wildman–Crippen MR) is 69.0 cm³/mol. The summed E-state index contributed by atoms with van der Waals surface area (Å²) in [6, 6.07) is 10.6. The van der Waals surface area contributed by atoms with Gasteiger partial charge in [0.25, 0.3) is 0 Å². The highest BCUT2D eigenvalue weighted by atomic mass is 15.2. The van der Waals surface area contributed by atoms with Crippen LogP contribution in [0, 0.1) is 0 Å². The van der Waals surface area contributed by atoms with E-state index < -0.39 is 0 Å². The second-order valence-corrected chi connectivity index (χ2v) is 5.22. The molecule has 2 aliphatic heterocycles. The zero-order valence-corrected chi connectivity index (χ0v) is 10.2. The molecule has 1 aromatic rings. The van der Waals surface area contributed by atoms with Gasteiger partial charge in [-0.15, -0.1) is 0 Å². The highest BCUT2D eigenvalue weighted by Crippen LogP contribution is 2.38. The smallest absolute Gasteiger partial charge is 0.0403 e. The van der Waals surface area contributed by atoms with Crippen molar-refractivity contribution in [3.05, 3.63) is 29.8 Å². The molecule has 1 fully saturated rings. The molecule has 0 radical (unpaired) electrons. The van der Waals surface area contributed by atoms with Gasteiger partial charge in [0.05, 0.1) is 0 Å². The molecule has 0 N–H and O–H groups in total. The lowest BCUT2D eigenvalue weighted by molar-refractivity contribution is 0.350. The topological polar surface area (TPSA) is 3.24 Å². The largest absolute Gasteiger partial charge is 0.365 e. The molecular formula is C15H21N. The first-order chi connectivity index (χ1) is 7.90. The molecule has 0 spiro atoms. The number of rotatable bonds is 1. The van der Waals surface area contributed by atoms with Crippen molar-refractivity contribution in [2.75, 3.05) is 4.90 Å². The number of piperidine rings is 1. The van der Waals surface area contributed by atoms with Gasteiger partial charge in [0.2, 0.25) is 0 Å². The minimum Gasteiger partial charge on any atom is -0.365 e. The molecule has 3 rings (SSSR count). The fraction of sp³-hybridized carbons (Fsp3) is 0.600. The van der Waals surface area contributed by atoms with Crippen LogP contribution >= 0.6 is 0 Å². The molecule has 86 valence electrons. The third kappa shape index (κ3) is 1.53. The van der Waals surface area contributed by atoms with Crippen LogP contribution in [0.4, 0.5) is 5.69 Å². The van der Waals surface area contributed by atoms with E-state index in [9.17, 15) is 0 Å². The number of nitrogens with zero attached hydrogens (tertiary/aromatic N) is 1. The van der Waals surface area contributed by atoms with Gasteiger partial charge < -0.3 is 4.90 Å². The van der Waals surface area contributed by atoms with Gasteiger partial charge in [-0.2, -0.15) is 0 Å². The van der Waals surface area contributed by atoms with Crippen LogP contribution in [0.3, 0.4) is 0 Å². The van der Waals surface area contributed by atoms with E-state index in [0.29, 0.717) is 0 Å². The summed E-state index contributed by atoms with van der Waals surface area (Å²) in [5.41, 5.74) is 3.10. The van der Waals surface area contributed by atoms with Gasteiger partial charge in [-0.25, -0.2) is 0 Å². The van der Waals surface area contributed by atoms with E-state index in [-0.39, 0.29) is 0 Å². The molecule has 16 heavy (non-hydrogen) atoms. The summed E-state index contributed by atoms with van der Waals surface area (Å²) >= 11 is 0. The lowest BCUT2D eigenvalue weighted by atomic mass is 9.85. The minimum absolute atomic E-state index is 0.792. The molecule has 0 aliphatic carbocycles. The maximum atomic E-state index is 2.74. The average Bonchev–Trinajstić information content (AvgIpc) is 2.37. The summed E-state index contributed by atoms with van der Waals surface area (Å²) in [6.45, 7) is 2.34.